The van der Waals surface area contributed by atoms with Crippen molar-refractivity contribution in [2.75, 3.05) is 17.2 Å². The third-order valence-electron chi connectivity index (χ3n) is 4.70. The average Bonchev–Trinajstić information content (AvgIpc) is 3.35. The molecule has 4 rings (SSSR count). The fraction of sp³-hybridized carbons (Fsp3) is 0.250. The average molecular weight is 425 g/mol. The quantitative estimate of drug-likeness (QED) is 0.435. The van der Waals surface area contributed by atoms with Gasteiger partial charge in [0.05, 0.1) is 21.7 Å². The van der Waals surface area contributed by atoms with Gasteiger partial charge in [0.2, 0.25) is 11.1 Å². The van der Waals surface area contributed by atoms with Crippen molar-refractivity contribution in [2.24, 2.45) is 0 Å². The molecule has 0 fully saturated rings. The van der Waals surface area contributed by atoms with Crippen molar-refractivity contribution in [3.63, 3.8) is 0 Å². The van der Waals surface area contributed by atoms with Gasteiger partial charge in [-0.1, -0.05) is 47.4 Å². The molecule has 0 aliphatic rings. The Hall–Kier alpha value is -2.78. The molecule has 1 amide bonds. The zero-order valence-electron chi connectivity index (χ0n) is 16.4. The Morgan fingerprint density at radius 3 is 2.79 bits per heavy atom. The SMILES string of the molecule is CCN(C(=O)CSc1nnnn1-c1cccc(C)c1C)c1nc2ccccc2s1. The third-order valence-corrected chi connectivity index (χ3v) is 6.66. The van der Waals surface area contributed by atoms with Gasteiger partial charge in [0.25, 0.3) is 0 Å². The molecule has 4 aromatic rings. The Morgan fingerprint density at radius 1 is 1.17 bits per heavy atom. The van der Waals surface area contributed by atoms with Crippen LogP contribution in [0.1, 0.15) is 18.1 Å². The number of anilines is 1. The maximum absolute atomic E-state index is 12.9. The molecule has 0 saturated carbocycles. The lowest BCUT2D eigenvalue weighted by Crippen LogP contribution is -2.32. The summed E-state index contributed by atoms with van der Waals surface area (Å²) < 4.78 is 2.76. The second-order valence-electron chi connectivity index (χ2n) is 6.48. The summed E-state index contributed by atoms with van der Waals surface area (Å²) in [4.78, 5) is 19.2. The molecule has 0 bridgehead atoms. The van der Waals surface area contributed by atoms with Crippen molar-refractivity contribution in [1.29, 1.82) is 0 Å². The number of amides is 1. The van der Waals surface area contributed by atoms with Crippen molar-refractivity contribution in [3.8, 4) is 5.69 Å². The molecule has 0 aliphatic heterocycles. The van der Waals surface area contributed by atoms with Crippen LogP contribution in [0.5, 0.6) is 0 Å². The van der Waals surface area contributed by atoms with Crippen molar-refractivity contribution in [2.45, 2.75) is 25.9 Å². The largest absolute Gasteiger partial charge is 0.288 e. The molecule has 29 heavy (non-hydrogen) atoms. The first-order valence-electron chi connectivity index (χ1n) is 9.22. The van der Waals surface area contributed by atoms with Crippen LogP contribution < -0.4 is 4.90 Å². The summed E-state index contributed by atoms with van der Waals surface area (Å²) in [6.07, 6.45) is 0. The minimum absolute atomic E-state index is 0.0212. The van der Waals surface area contributed by atoms with Gasteiger partial charge >= 0.3 is 0 Å². The van der Waals surface area contributed by atoms with Gasteiger partial charge in [0.15, 0.2) is 5.13 Å². The lowest BCUT2D eigenvalue weighted by Gasteiger charge is -2.17. The summed E-state index contributed by atoms with van der Waals surface area (Å²) in [6.45, 7) is 6.60. The maximum Gasteiger partial charge on any atom is 0.239 e. The zero-order chi connectivity index (χ0) is 20.4. The summed E-state index contributed by atoms with van der Waals surface area (Å²) >= 11 is 2.85. The molecule has 2 heterocycles. The van der Waals surface area contributed by atoms with Gasteiger partial charge in [-0.2, -0.15) is 4.68 Å². The normalized spacial score (nSPS) is 11.1. The number of hydrogen-bond donors (Lipinski definition) is 0. The number of rotatable bonds is 6. The molecule has 0 atom stereocenters. The molecule has 0 unspecified atom stereocenters. The highest BCUT2D eigenvalue weighted by Gasteiger charge is 2.20. The Morgan fingerprint density at radius 2 is 2.00 bits per heavy atom. The second kappa shape index (κ2) is 8.30. The predicted molar refractivity (Wildman–Crippen MR) is 117 cm³/mol. The fourth-order valence-electron chi connectivity index (χ4n) is 2.98. The molecule has 0 radical (unpaired) electrons. The number of carbonyl (C=O) groups is 1. The van der Waals surface area contributed by atoms with Crippen molar-refractivity contribution in [1.82, 2.24) is 25.2 Å². The Bertz CT molecular complexity index is 1140. The fourth-order valence-corrected chi connectivity index (χ4v) is 4.79. The van der Waals surface area contributed by atoms with E-state index in [1.165, 1.54) is 23.1 Å². The Labute approximate surface area is 176 Å². The highest BCUT2D eigenvalue weighted by molar-refractivity contribution is 7.99. The molecule has 0 N–H and O–H groups in total. The van der Waals surface area contributed by atoms with Crippen LogP contribution in [0.2, 0.25) is 0 Å². The summed E-state index contributed by atoms with van der Waals surface area (Å²) in [5.74, 6) is 0.210. The minimum atomic E-state index is -0.0212. The second-order valence-corrected chi connectivity index (χ2v) is 8.43. The first-order valence-corrected chi connectivity index (χ1v) is 11.0. The maximum atomic E-state index is 12.9. The number of fused-ring (bicyclic) bond motifs is 1. The van der Waals surface area contributed by atoms with E-state index in [9.17, 15) is 4.79 Å². The van der Waals surface area contributed by atoms with Gasteiger partial charge in [0, 0.05) is 6.54 Å². The number of thiazole rings is 1. The van der Waals surface area contributed by atoms with Crippen LogP contribution in [0.4, 0.5) is 5.13 Å². The van der Waals surface area contributed by atoms with Gasteiger partial charge in [-0.15, -0.1) is 5.10 Å². The van der Waals surface area contributed by atoms with Gasteiger partial charge in [-0.05, 0) is 60.5 Å². The van der Waals surface area contributed by atoms with Crippen molar-refractivity contribution >= 4 is 44.4 Å². The number of thioether (sulfide) groups is 1. The van der Waals surface area contributed by atoms with E-state index in [0.29, 0.717) is 16.8 Å². The number of carbonyl (C=O) groups excluding carboxylic acids is 1. The number of nitrogens with zero attached hydrogens (tertiary/aromatic N) is 6. The summed E-state index contributed by atoms with van der Waals surface area (Å²) in [7, 11) is 0. The van der Waals surface area contributed by atoms with E-state index in [1.807, 2.05) is 50.2 Å². The Kier molecular flexibility index (Phi) is 5.59. The molecule has 148 valence electrons. The van der Waals surface area contributed by atoms with Crippen LogP contribution in [0, 0.1) is 13.8 Å². The topological polar surface area (TPSA) is 76.8 Å². The summed E-state index contributed by atoms with van der Waals surface area (Å²) in [6, 6.07) is 13.9. The number of benzene rings is 2. The molecular weight excluding hydrogens is 404 g/mol. The number of aromatic nitrogens is 5. The molecule has 0 spiro atoms. The standard InChI is InChI=1S/C20H20N6OS2/c1-4-25(19-21-15-9-5-6-11-17(15)29-19)18(27)12-28-20-22-23-24-26(20)16-10-7-8-13(2)14(16)3/h5-11H,4,12H2,1-3H3. The van der Waals surface area contributed by atoms with Crippen LogP contribution in [-0.4, -0.2) is 43.4 Å². The smallest absolute Gasteiger partial charge is 0.239 e. The number of para-hydroxylation sites is 1. The first kappa shape index (κ1) is 19.5. The van der Waals surface area contributed by atoms with Gasteiger partial charge < -0.3 is 0 Å². The van der Waals surface area contributed by atoms with Crippen LogP contribution in [0.3, 0.4) is 0 Å². The van der Waals surface area contributed by atoms with Gasteiger partial charge in [0.1, 0.15) is 0 Å². The van der Waals surface area contributed by atoms with E-state index in [-0.39, 0.29) is 11.7 Å². The highest BCUT2D eigenvalue weighted by Crippen LogP contribution is 2.29. The number of hydrogen-bond acceptors (Lipinski definition) is 7. The van der Waals surface area contributed by atoms with Crippen LogP contribution in [-0.2, 0) is 4.79 Å². The Balaban J connectivity index is 1.52. The van der Waals surface area contributed by atoms with E-state index < -0.39 is 0 Å². The molecular formula is C20H20N6OS2. The molecule has 2 aromatic heterocycles. The van der Waals surface area contributed by atoms with Crippen molar-refractivity contribution in [3.05, 3.63) is 53.6 Å². The van der Waals surface area contributed by atoms with Gasteiger partial charge in [-0.3, -0.25) is 9.69 Å². The van der Waals surface area contributed by atoms with Crippen LogP contribution in [0.15, 0.2) is 47.6 Å². The first-order chi connectivity index (χ1) is 14.1. The summed E-state index contributed by atoms with van der Waals surface area (Å²) in [5, 5.41) is 13.3. The van der Waals surface area contributed by atoms with E-state index >= 15 is 0 Å². The molecule has 9 heteroatoms. The van der Waals surface area contributed by atoms with Crippen LogP contribution >= 0.6 is 23.1 Å². The monoisotopic (exact) mass is 424 g/mol. The lowest BCUT2D eigenvalue weighted by atomic mass is 10.1. The molecule has 7 nitrogen and oxygen atoms in total. The van der Waals surface area contributed by atoms with E-state index in [1.54, 1.807) is 9.58 Å². The molecule has 0 saturated heterocycles. The highest BCUT2D eigenvalue weighted by atomic mass is 32.2. The van der Waals surface area contributed by atoms with Crippen molar-refractivity contribution < 1.29 is 4.79 Å². The minimum Gasteiger partial charge on any atom is -0.288 e. The molecule has 2 aromatic carbocycles. The number of tetrazole rings is 1. The summed E-state index contributed by atoms with van der Waals surface area (Å²) in [5.41, 5.74) is 4.10. The lowest BCUT2D eigenvalue weighted by molar-refractivity contribution is -0.116. The zero-order valence-corrected chi connectivity index (χ0v) is 18.0. The molecule has 0 aliphatic carbocycles. The number of aryl methyl sites for hydroxylation is 1. The third kappa shape index (κ3) is 3.88. The van der Waals surface area contributed by atoms with E-state index in [2.05, 4.69) is 33.5 Å². The van der Waals surface area contributed by atoms with E-state index in [0.717, 1.165) is 27.0 Å². The van der Waals surface area contributed by atoms with Crippen LogP contribution in [0.25, 0.3) is 15.9 Å². The van der Waals surface area contributed by atoms with E-state index in [4.69, 9.17) is 0 Å². The predicted octanol–water partition coefficient (Wildman–Crippen LogP) is 4.03. The van der Waals surface area contributed by atoms with Gasteiger partial charge in [-0.25, -0.2) is 4.98 Å².